The largest absolute Gasteiger partial charge is 0.425 e. The van der Waals surface area contributed by atoms with Gasteiger partial charge in [0.25, 0.3) is 5.91 Å². The van der Waals surface area contributed by atoms with Crippen molar-refractivity contribution < 1.29 is 19.1 Å². The molecular formula is C18H22N2O4. The van der Waals surface area contributed by atoms with Crippen LogP contribution in [0.4, 0.5) is 5.69 Å². The molecule has 2 atom stereocenters. The lowest BCUT2D eigenvalue weighted by molar-refractivity contribution is -0.143. The van der Waals surface area contributed by atoms with Gasteiger partial charge < -0.3 is 14.8 Å². The molecule has 2 rings (SSSR count). The Morgan fingerprint density at radius 2 is 2.17 bits per heavy atom. The van der Waals surface area contributed by atoms with Crippen LogP contribution >= 0.6 is 0 Å². The zero-order valence-corrected chi connectivity index (χ0v) is 14.2. The number of rotatable bonds is 4. The first kappa shape index (κ1) is 18.0. The minimum absolute atomic E-state index is 0.177. The first-order valence-electron chi connectivity index (χ1n) is 7.99. The Morgan fingerprint density at radius 1 is 1.42 bits per heavy atom. The van der Waals surface area contributed by atoms with E-state index in [0.29, 0.717) is 24.4 Å². The fourth-order valence-corrected chi connectivity index (χ4v) is 3.17. The summed E-state index contributed by atoms with van der Waals surface area (Å²) in [4.78, 5) is 23.8. The van der Waals surface area contributed by atoms with Crippen LogP contribution in [0.25, 0.3) is 0 Å². The van der Waals surface area contributed by atoms with E-state index < -0.39 is 11.6 Å². The average molecular weight is 330 g/mol. The Hall–Kier alpha value is -2.39. The molecule has 0 spiro atoms. The van der Waals surface area contributed by atoms with E-state index in [-0.39, 0.29) is 17.2 Å². The minimum Gasteiger partial charge on any atom is -0.425 e. The lowest BCUT2D eigenvalue weighted by Crippen LogP contribution is -2.47. The quantitative estimate of drug-likeness (QED) is 0.677. The Balaban J connectivity index is 2.19. The van der Waals surface area contributed by atoms with E-state index in [0.717, 1.165) is 12.8 Å². The van der Waals surface area contributed by atoms with Crippen LogP contribution in [-0.2, 0) is 14.3 Å². The number of carbonyl (C=O) groups is 2. The summed E-state index contributed by atoms with van der Waals surface area (Å²) in [5, 5.41) is 12.0. The van der Waals surface area contributed by atoms with Crippen LogP contribution in [0.15, 0.2) is 18.2 Å². The highest BCUT2D eigenvalue weighted by Gasteiger charge is 2.42. The highest BCUT2D eigenvalue weighted by molar-refractivity contribution is 5.97. The summed E-state index contributed by atoms with van der Waals surface area (Å²) in [6, 6.07) is 6.56. The standard InChI is InChI=1S/C18H22N2O4/c1-12-5-4-8-18(10-12,23-3)17(22)20-15-6-7-16(24-13(2)21)14(9-15)11-19/h6-7,9,12H,4-5,8,10H2,1-3H3,(H,20,22)/t12-,18-/m0/s1. The number of anilines is 1. The van der Waals surface area contributed by atoms with E-state index >= 15 is 0 Å². The third kappa shape index (κ3) is 3.92. The topological polar surface area (TPSA) is 88.4 Å². The van der Waals surface area contributed by atoms with Crippen molar-refractivity contribution in [1.82, 2.24) is 0 Å². The molecule has 1 fully saturated rings. The van der Waals surface area contributed by atoms with Crippen molar-refractivity contribution in [3.05, 3.63) is 23.8 Å². The van der Waals surface area contributed by atoms with Crippen LogP contribution in [0.5, 0.6) is 5.75 Å². The molecule has 1 saturated carbocycles. The second-order valence-electron chi connectivity index (χ2n) is 6.27. The van der Waals surface area contributed by atoms with Crippen LogP contribution in [0.2, 0.25) is 0 Å². The molecule has 0 aliphatic heterocycles. The third-order valence-electron chi connectivity index (χ3n) is 4.37. The van der Waals surface area contributed by atoms with Crippen molar-refractivity contribution in [2.24, 2.45) is 5.92 Å². The molecule has 0 radical (unpaired) electrons. The Kier molecular flexibility index (Phi) is 5.58. The fraction of sp³-hybridized carbons (Fsp3) is 0.500. The Morgan fingerprint density at radius 3 is 2.75 bits per heavy atom. The van der Waals surface area contributed by atoms with E-state index in [9.17, 15) is 14.9 Å². The van der Waals surface area contributed by atoms with Gasteiger partial charge in [0, 0.05) is 19.7 Å². The summed E-state index contributed by atoms with van der Waals surface area (Å²) in [5.41, 5.74) is -0.174. The fourth-order valence-electron chi connectivity index (χ4n) is 3.17. The first-order valence-corrected chi connectivity index (χ1v) is 7.99. The third-order valence-corrected chi connectivity index (χ3v) is 4.37. The molecule has 1 N–H and O–H groups in total. The van der Waals surface area contributed by atoms with Crippen molar-refractivity contribution in [3.63, 3.8) is 0 Å². The van der Waals surface area contributed by atoms with Gasteiger partial charge in [0.2, 0.25) is 0 Å². The van der Waals surface area contributed by atoms with Crippen LogP contribution in [-0.4, -0.2) is 24.6 Å². The molecule has 1 aliphatic carbocycles. The monoisotopic (exact) mass is 330 g/mol. The maximum absolute atomic E-state index is 12.7. The van der Waals surface area contributed by atoms with Crippen molar-refractivity contribution in [2.75, 3.05) is 12.4 Å². The zero-order valence-electron chi connectivity index (χ0n) is 14.2. The highest BCUT2D eigenvalue weighted by Crippen LogP contribution is 2.36. The molecule has 24 heavy (non-hydrogen) atoms. The van der Waals surface area contributed by atoms with Crippen molar-refractivity contribution in [2.45, 2.75) is 45.1 Å². The van der Waals surface area contributed by atoms with Crippen LogP contribution < -0.4 is 10.1 Å². The van der Waals surface area contributed by atoms with Crippen molar-refractivity contribution >= 4 is 17.6 Å². The molecule has 1 aliphatic rings. The zero-order chi connectivity index (χ0) is 17.7. The van der Waals surface area contributed by atoms with Crippen molar-refractivity contribution in [1.29, 1.82) is 5.26 Å². The summed E-state index contributed by atoms with van der Waals surface area (Å²) in [6.45, 7) is 3.38. The number of hydrogen-bond acceptors (Lipinski definition) is 5. The highest BCUT2D eigenvalue weighted by atomic mass is 16.5. The molecule has 0 unspecified atom stereocenters. The number of hydrogen-bond donors (Lipinski definition) is 1. The average Bonchev–Trinajstić information content (AvgIpc) is 2.55. The maximum atomic E-state index is 12.7. The molecule has 0 aromatic heterocycles. The van der Waals surface area contributed by atoms with Gasteiger partial charge in [0.1, 0.15) is 17.4 Å². The van der Waals surface area contributed by atoms with Gasteiger partial charge in [-0.25, -0.2) is 0 Å². The van der Waals surface area contributed by atoms with Gasteiger partial charge in [-0.05, 0) is 43.4 Å². The van der Waals surface area contributed by atoms with Gasteiger partial charge in [0.15, 0.2) is 0 Å². The summed E-state index contributed by atoms with van der Waals surface area (Å²) < 4.78 is 10.5. The first-order chi connectivity index (χ1) is 11.4. The summed E-state index contributed by atoms with van der Waals surface area (Å²) >= 11 is 0. The van der Waals surface area contributed by atoms with Gasteiger partial charge in [-0.15, -0.1) is 0 Å². The van der Waals surface area contributed by atoms with Crippen LogP contribution in [0.3, 0.4) is 0 Å². The maximum Gasteiger partial charge on any atom is 0.308 e. The van der Waals surface area contributed by atoms with Gasteiger partial charge in [0.05, 0.1) is 5.56 Å². The molecule has 1 amide bonds. The molecule has 6 nitrogen and oxygen atoms in total. The molecule has 0 saturated heterocycles. The van der Waals surface area contributed by atoms with Crippen molar-refractivity contribution in [3.8, 4) is 11.8 Å². The number of nitrogens with zero attached hydrogens (tertiary/aromatic N) is 1. The number of amides is 1. The number of carbonyl (C=O) groups excluding carboxylic acids is 2. The second-order valence-corrected chi connectivity index (χ2v) is 6.27. The number of methoxy groups -OCH3 is 1. The number of nitriles is 1. The van der Waals surface area contributed by atoms with Gasteiger partial charge in [-0.1, -0.05) is 13.3 Å². The van der Waals surface area contributed by atoms with E-state index in [2.05, 4.69) is 12.2 Å². The van der Waals surface area contributed by atoms with E-state index in [1.165, 1.54) is 19.1 Å². The predicted octanol–water partition coefficient (Wildman–Crippen LogP) is 3.02. The molecular weight excluding hydrogens is 308 g/mol. The minimum atomic E-state index is -0.834. The molecule has 6 heteroatoms. The second kappa shape index (κ2) is 7.45. The summed E-state index contributed by atoms with van der Waals surface area (Å²) in [7, 11) is 1.56. The lowest BCUT2D eigenvalue weighted by atomic mass is 9.78. The normalized spacial score (nSPS) is 23.2. The summed E-state index contributed by atoms with van der Waals surface area (Å²) in [6.07, 6.45) is 3.38. The number of nitrogens with one attached hydrogen (secondary N) is 1. The Labute approximate surface area is 141 Å². The smallest absolute Gasteiger partial charge is 0.308 e. The molecule has 1 aromatic rings. The number of ether oxygens (including phenoxy) is 2. The lowest BCUT2D eigenvalue weighted by Gasteiger charge is -2.37. The van der Waals surface area contributed by atoms with Gasteiger partial charge in [-0.2, -0.15) is 5.26 Å². The van der Waals surface area contributed by atoms with E-state index in [1.54, 1.807) is 13.2 Å². The predicted molar refractivity (Wildman–Crippen MR) is 88.5 cm³/mol. The number of benzene rings is 1. The van der Waals surface area contributed by atoms with E-state index in [4.69, 9.17) is 9.47 Å². The summed E-state index contributed by atoms with van der Waals surface area (Å²) in [5.74, 6) is -0.111. The number of esters is 1. The van der Waals surface area contributed by atoms with Gasteiger partial charge >= 0.3 is 5.97 Å². The van der Waals surface area contributed by atoms with Crippen LogP contribution in [0.1, 0.15) is 45.1 Å². The molecule has 1 aromatic carbocycles. The Bertz CT molecular complexity index is 680. The van der Waals surface area contributed by atoms with Gasteiger partial charge in [-0.3, -0.25) is 9.59 Å². The molecule has 128 valence electrons. The SMILES string of the molecule is CO[C@@]1(C(=O)Nc2ccc(OC(C)=O)c(C#N)c2)CCC[C@H](C)C1. The molecule has 0 heterocycles. The van der Waals surface area contributed by atoms with Crippen LogP contribution in [0, 0.1) is 17.2 Å². The van der Waals surface area contributed by atoms with E-state index in [1.807, 2.05) is 6.07 Å². The molecule has 0 bridgehead atoms.